The second kappa shape index (κ2) is 7.25. The quantitative estimate of drug-likeness (QED) is 0.455. The van der Waals surface area contributed by atoms with Crippen molar-refractivity contribution in [3.05, 3.63) is 31.5 Å². The lowest BCUT2D eigenvalue weighted by atomic mass is 9.94. The third kappa shape index (κ3) is 3.67. The summed E-state index contributed by atoms with van der Waals surface area (Å²) in [6.07, 6.45) is 7.48. The van der Waals surface area contributed by atoms with Gasteiger partial charge in [-0.1, -0.05) is 43.2 Å². The topological polar surface area (TPSA) is 40.5 Å². The van der Waals surface area contributed by atoms with E-state index in [2.05, 4.69) is 31.9 Å². The molecule has 1 aromatic carbocycles. The number of phenols is 1. The van der Waals surface area contributed by atoms with E-state index in [0.717, 1.165) is 18.4 Å². The first-order valence-electron chi connectivity index (χ1n) is 7.42. The molecule has 1 heterocycles. The van der Waals surface area contributed by atoms with Crippen LogP contribution in [-0.2, 0) is 4.79 Å². The van der Waals surface area contributed by atoms with E-state index in [1.54, 1.807) is 17.0 Å². The van der Waals surface area contributed by atoms with E-state index < -0.39 is 0 Å². The van der Waals surface area contributed by atoms with Gasteiger partial charge in [0.15, 0.2) is 0 Å². The maximum atomic E-state index is 12.7. The Balaban J connectivity index is 1.86. The summed E-state index contributed by atoms with van der Waals surface area (Å²) in [5, 5.41) is 9.78. The van der Waals surface area contributed by atoms with Crippen molar-refractivity contribution in [1.82, 2.24) is 4.90 Å². The Kier molecular flexibility index (Phi) is 5.50. The summed E-state index contributed by atoms with van der Waals surface area (Å²) < 4.78 is 1.83. The number of carbonyl (C=O) groups is 1. The molecule has 2 aliphatic rings. The zero-order chi connectivity index (χ0) is 16.6. The van der Waals surface area contributed by atoms with E-state index in [1.807, 2.05) is 6.08 Å². The van der Waals surface area contributed by atoms with Crippen molar-refractivity contribution in [3.8, 4) is 5.75 Å². The third-order valence-corrected chi connectivity index (χ3v) is 6.64. The number of amides is 1. The monoisotopic (exact) mass is 475 g/mol. The van der Waals surface area contributed by atoms with E-state index in [0.29, 0.717) is 18.2 Å². The van der Waals surface area contributed by atoms with Gasteiger partial charge in [-0.05, 0) is 68.5 Å². The van der Waals surface area contributed by atoms with Gasteiger partial charge in [-0.15, -0.1) is 0 Å². The molecule has 2 fully saturated rings. The Morgan fingerprint density at radius 2 is 1.83 bits per heavy atom. The van der Waals surface area contributed by atoms with Crippen molar-refractivity contribution in [2.24, 2.45) is 0 Å². The van der Waals surface area contributed by atoms with Crippen molar-refractivity contribution in [1.29, 1.82) is 0 Å². The van der Waals surface area contributed by atoms with Crippen LogP contribution in [0.15, 0.2) is 26.0 Å². The standard InChI is InChI=1S/C16H15Br2NO2S2/c17-11-6-9(7-12(18)14(11)20)8-13-15(21)19(16(22)23-13)10-4-2-1-3-5-10/h6-8,10,20H,1-5H2. The summed E-state index contributed by atoms with van der Waals surface area (Å²) >= 11 is 13.4. The van der Waals surface area contributed by atoms with Gasteiger partial charge in [0, 0.05) is 6.04 Å². The van der Waals surface area contributed by atoms with Crippen LogP contribution in [0.25, 0.3) is 6.08 Å². The predicted octanol–water partition coefficient (Wildman–Crippen LogP) is 5.45. The van der Waals surface area contributed by atoms with Gasteiger partial charge in [0.05, 0.1) is 13.9 Å². The zero-order valence-corrected chi connectivity index (χ0v) is 17.0. The molecule has 1 aliphatic carbocycles. The van der Waals surface area contributed by atoms with Crippen LogP contribution in [0, 0.1) is 0 Å². The summed E-state index contributed by atoms with van der Waals surface area (Å²) in [6, 6.07) is 3.82. The summed E-state index contributed by atoms with van der Waals surface area (Å²) in [4.78, 5) is 15.2. The molecule has 1 aliphatic heterocycles. The number of benzene rings is 1. The average molecular weight is 477 g/mol. The Bertz CT molecular complexity index is 676. The first-order valence-corrected chi connectivity index (χ1v) is 10.2. The molecule has 7 heteroatoms. The Morgan fingerprint density at radius 3 is 2.43 bits per heavy atom. The fraction of sp³-hybridized carbons (Fsp3) is 0.375. The molecule has 23 heavy (non-hydrogen) atoms. The summed E-state index contributed by atoms with van der Waals surface area (Å²) in [5.41, 5.74) is 0.839. The number of nitrogens with zero attached hydrogens (tertiary/aromatic N) is 1. The predicted molar refractivity (Wildman–Crippen MR) is 105 cm³/mol. The molecule has 0 radical (unpaired) electrons. The van der Waals surface area contributed by atoms with E-state index in [1.165, 1.54) is 31.0 Å². The molecule has 1 N–H and O–H groups in total. The summed E-state index contributed by atoms with van der Waals surface area (Å²) in [6.45, 7) is 0. The highest BCUT2D eigenvalue weighted by atomic mass is 79.9. The minimum absolute atomic E-state index is 0.00669. The number of carbonyl (C=O) groups excluding carboxylic acids is 1. The van der Waals surface area contributed by atoms with Crippen LogP contribution in [0.2, 0.25) is 0 Å². The maximum Gasteiger partial charge on any atom is 0.266 e. The van der Waals surface area contributed by atoms with E-state index in [-0.39, 0.29) is 17.7 Å². The van der Waals surface area contributed by atoms with Gasteiger partial charge in [0.2, 0.25) is 0 Å². The Hall–Kier alpha value is -0.370. The highest BCUT2D eigenvalue weighted by Gasteiger charge is 2.37. The molecular formula is C16H15Br2NO2S2. The van der Waals surface area contributed by atoms with Crippen LogP contribution < -0.4 is 0 Å². The molecule has 3 rings (SSSR count). The van der Waals surface area contributed by atoms with Gasteiger partial charge in [0.1, 0.15) is 10.1 Å². The first kappa shape index (κ1) is 17.5. The normalized spacial score (nSPS) is 21.5. The largest absolute Gasteiger partial charge is 0.506 e. The molecular weight excluding hydrogens is 462 g/mol. The van der Waals surface area contributed by atoms with Crippen LogP contribution >= 0.6 is 55.8 Å². The first-order chi connectivity index (χ1) is 11.0. The fourth-order valence-electron chi connectivity index (χ4n) is 2.95. The molecule has 122 valence electrons. The van der Waals surface area contributed by atoms with Gasteiger partial charge in [-0.3, -0.25) is 9.69 Å². The van der Waals surface area contributed by atoms with Crippen LogP contribution in [0.5, 0.6) is 5.75 Å². The Morgan fingerprint density at radius 1 is 1.22 bits per heavy atom. The van der Waals surface area contributed by atoms with E-state index in [9.17, 15) is 9.90 Å². The number of phenolic OH excluding ortho intramolecular Hbond substituents is 1. The highest BCUT2D eigenvalue weighted by Crippen LogP contribution is 2.39. The van der Waals surface area contributed by atoms with Gasteiger partial charge in [-0.25, -0.2) is 0 Å². The molecule has 1 aromatic rings. The van der Waals surface area contributed by atoms with Crippen LogP contribution in [-0.4, -0.2) is 26.3 Å². The fourth-order valence-corrected chi connectivity index (χ4v) is 5.58. The molecule has 1 saturated carbocycles. The number of thioether (sulfide) groups is 1. The molecule has 0 aromatic heterocycles. The molecule has 1 saturated heterocycles. The van der Waals surface area contributed by atoms with E-state index >= 15 is 0 Å². The van der Waals surface area contributed by atoms with Crippen molar-refractivity contribution < 1.29 is 9.90 Å². The van der Waals surface area contributed by atoms with Crippen molar-refractivity contribution >= 4 is 72.1 Å². The molecule has 3 nitrogen and oxygen atoms in total. The van der Waals surface area contributed by atoms with Gasteiger partial charge in [-0.2, -0.15) is 0 Å². The summed E-state index contributed by atoms with van der Waals surface area (Å²) in [5.74, 6) is 0.157. The zero-order valence-electron chi connectivity index (χ0n) is 12.2. The SMILES string of the molecule is O=C1C(=Cc2cc(Br)c(O)c(Br)c2)SC(=S)N1C1CCCCC1. The van der Waals surface area contributed by atoms with Crippen molar-refractivity contribution in [3.63, 3.8) is 0 Å². The van der Waals surface area contributed by atoms with E-state index in [4.69, 9.17) is 12.2 Å². The molecule has 0 unspecified atom stereocenters. The number of hydrogen-bond donors (Lipinski definition) is 1. The molecule has 0 atom stereocenters. The third-order valence-electron chi connectivity index (χ3n) is 4.10. The van der Waals surface area contributed by atoms with Crippen LogP contribution in [0.3, 0.4) is 0 Å². The second-order valence-corrected chi connectivity index (χ2v) is 9.06. The molecule has 1 amide bonds. The average Bonchev–Trinajstić information content (AvgIpc) is 2.80. The second-order valence-electron chi connectivity index (χ2n) is 5.68. The van der Waals surface area contributed by atoms with Gasteiger partial charge in [0.25, 0.3) is 5.91 Å². The van der Waals surface area contributed by atoms with Crippen LogP contribution in [0.1, 0.15) is 37.7 Å². The van der Waals surface area contributed by atoms with Crippen molar-refractivity contribution in [2.75, 3.05) is 0 Å². The maximum absolute atomic E-state index is 12.7. The van der Waals surface area contributed by atoms with Gasteiger partial charge < -0.3 is 5.11 Å². The lowest BCUT2D eigenvalue weighted by Crippen LogP contribution is -2.39. The number of thiocarbonyl (C=S) groups is 1. The smallest absolute Gasteiger partial charge is 0.266 e. The van der Waals surface area contributed by atoms with Crippen LogP contribution in [0.4, 0.5) is 0 Å². The van der Waals surface area contributed by atoms with Gasteiger partial charge >= 0.3 is 0 Å². The lowest BCUT2D eigenvalue weighted by molar-refractivity contribution is -0.124. The number of aromatic hydroxyl groups is 1. The molecule has 0 spiro atoms. The summed E-state index contributed by atoms with van der Waals surface area (Å²) in [7, 11) is 0. The van der Waals surface area contributed by atoms with Crippen molar-refractivity contribution in [2.45, 2.75) is 38.1 Å². The number of rotatable bonds is 2. The number of halogens is 2. The lowest BCUT2D eigenvalue weighted by Gasteiger charge is -2.29. The number of hydrogen-bond acceptors (Lipinski definition) is 4. The molecule has 0 bridgehead atoms. The minimum atomic E-state index is 0.00669. The highest BCUT2D eigenvalue weighted by molar-refractivity contribution is 9.11. The minimum Gasteiger partial charge on any atom is -0.506 e. The Labute approximate surface area is 161 Å².